The number of carbonyl (C=O) groups excluding carboxylic acids is 1. The van der Waals surface area contributed by atoms with Gasteiger partial charge in [-0.2, -0.15) is 10.2 Å². The van der Waals surface area contributed by atoms with E-state index in [0.717, 1.165) is 17.5 Å². The van der Waals surface area contributed by atoms with Gasteiger partial charge in [0.15, 0.2) is 0 Å². The van der Waals surface area contributed by atoms with E-state index in [1.165, 1.54) is 6.07 Å². The number of amides is 1. The summed E-state index contributed by atoms with van der Waals surface area (Å²) in [5, 5.41) is 20.9. The maximum Gasteiger partial charge on any atom is 0.263 e. The number of phenolic OH excluding ortho intramolecular Hbond substituents is 1. The molecule has 1 fully saturated rings. The number of aromatic hydroxyl groups is 1. The maximum absolute atomic E-state index is 11.7. The van der Waals surface area contributed by atoms with Gasteiger partial charge in [-0.3, -0.25) is 4.79 Å². The van der Waals surface area contributed by atoms with Crippen LogP contribution in [0.1, 0.15) is 5.56 Å². The van der Waals surface area contributed by atoms with Crippen LogP contribution in [-0.2, 0) is 4.79 Å². The Balaban J connectivity index is 1.77. The maximum atomic E-state index is 11.7. The van der Waals surface area contributed by atoms with Crippen molar-refractivity contribution in [2.45, 2.75) is 0 Å². The van der Waals surface area contributed by atoms with Crippen molar-refractivity contribution >= 4 is 51.7 Å². The Bertz CT molecular complexity index is 893. The first-order valence-corrected chi connectivity index (χ1v) is 8.41. The number of methoxy groups -OCH3 is 1. The van der Waals surface area contributed by atoms with Crippen LogP contribution in [0.4, 0.5) is 11.4 Å². The van der Waals surface area contributed by atoms with Gasteiger partial charge < -0.3 is 15.2 Å². The zero-order valence-electron chi connectivity index (χ0n) is 13.1. The van der Waals surface area contributed by atoms with Gasteiger partial charge in [-0.15, -0.1) is 0 Å². The quantitative estimate of drug-likeness (QED) is 0.475. The Hall–Kier alpha value is -2.71. The molecule has 0 unspecified atom stereocenters. The van der Waals surface area contributed by atoms with Gasteiger partial charge in [0.25, 0.3) is 5.91 Å². The summed E-state index contributed by atoms with van der Waals surface area (Å²) in [6.07, 6.45) is 1.58. The van der Waals surface area contributed by atoms with E-state index in [0.29, 0.717) is 26.2 Å². The molecule has 1 saturated heterocycles. The van der Waals surface area contributed by atoms with E-state index in [-0.39, 0.29) is 11.7 Å². The molecular formula is C17H13N3O3S2. The minimum atomic E-state index is -0.266. The number of ether oxygens (including phenoxy) is 1. The van der Waals surface area contributed by atoms with Crippen LogP contribution >= 0.6 is 24.0 Å². The molecule has 1 heterocycles. The summed E-state index contributed by atoms with van der Waals surface area (Å²) in [5.74, 6) is 0.477. The molecule has 8 heteroatoms. The molecule has 6 nitrogen and oxygen atoms in total. The van der Waals surface area contributed by atoms with Gasteiger partial charge in [0.1, 0.15) is 15.8 Å². The van der Waals surface area contributed by atoms with E-state index in [1.807, 2.05) is 0 Å². The Morgan fingerprint density at radius 1 is 1.16 bits per heavy atom. The predicted octanol–water partition coefficient (Wildman–Crippen LogP) is 4.31. The largest absolute Gasteiger partial charge is 0.507 e. The molecule has 0 aliphatic carbocycles. The van der Waals surface area contributed by atoms with Gasteiger partial charge in [-0.1, -0.05) is 24.0 Å². The Morgan fingerprint density at radius 2 is 1.84 bits per heavy atom. The minimum absolute atomic E-state index is 0.00454. The lowest BCUT2D eigenvalue weighted by atomic mass is 10.1. The van der Waals surface area contributed by atoms with Crippen LogP contribution in [0.2, 0.25) is 0 Å². The Kier molecular flexibility index (Phi) is 5.11. The summed E-state index contributed by atoms with van der Waals surface area (Å²) >= 11 is 6.09. The van der Waals surface area contributed by atoms with E-state index in [4.69, 9.17) is 17.0 Å². The number of hydrogen-bond acceptors (Lipinski definition) is 7. The Labute approximate surface area is 153 Å². The number of benzene rings is 2. The Morgan fingerprint density at radius 3 is 2.44 bits per heavy atom. The van der Waals surface area contributed by atoms with E-state index in [9.17, 15) is 9.90 Å². The average molecular weight is 371 g/mol. The lowest BCUT2D eigenvalue weighted by Crippen LogP contribution is -2.17. The predicted molar refractivity (Wildman–Crippen MR) is 102 cm³/mol. The number of azo groups is 1. The number of nitrogens with zero attached hydrogens (tertiary/aromatic N) is 2. The number of thioether (sulfide) groups is 1. The third-order valence-corrected chi connectivity index (χ3v) is 4.46. The molecular weight excluding hydrogens is 358 g/mol. The third-order valence-electron chi connectivity index (χ3n) is 3.30. The fourth-order valence-corrected chi connectivity index (χ4v) is 3.08. The second kappa shape index (κ2) is 7.45. The van der Waals surface area contributed by atoms with E-state index < -0.39 is 0 Å². The summed E-state index contributed by atoms with van der Waals surface area (Å²) in [5.41, 5.74) is 1.67. The van der Waals surface area contributed by atoms with Crippen molar-refractivity contribution in [2.75, 3.05) is 7.11 Å². The molecule has 2 aromatic rings. The smallest absolute Gasteiger partial charge is 0.263 e. The highest BCUT2D eigenvalue weighted by Gasteiger charge is 2.22. The second-order valence-corrected chi connectivity index (χ2v) is 6.71. The number of hydrogen-bond donors (Lipinski definition) is 2. The monoisotopic (exact) mass is 371 g/mol. The van der Waals surface area contributed by atoms with Crippen LogP contribution in [0.5, 0.6) is 11.5 Å². The van der Waals surface area contributed by atoms with Gasteiger partial charge in [0.2, 0.25) is 0 Å². The normalized spacial score (nSPS) is 15.8. The second-order valence-electron chi connectivity index (χ2n) is 4.99. The number of nitrogens with one attached hydrogen (secondary N) is 1. The van der Waals surface area contributed by atoms with Crippen LogP contribution < -0.4 is 10.1 Å². The zero-order valence-corrected chi connectivity index (χ0v) is 14.7. The summed E-state index contributed by atoms with van der Waals surface area (Å²) in [6, 6.07) is 12.0. The van der Waals surface area contributed by atoms with Crippen molar-refractivity contribution in [1.29, 1.82) is 0 Å². The lowest BCUT2D eigenvalue weighted by Gasteiger charge is -2.01. The highest BCUT2D eigenvalue weighted by atomic mass is 32.2. The zero-order chi connectivity index (χ0) is 17.8. The summed E-state index contributed by atoms with van der Waals surface area (Å²) < 4.78 is 5.48. The average Bonchev–Trinajstić information content (AvgIpc) is 2.93. The van der Waals surface area contributed by atoms with Crippen LogP contribution in [0.3, 0.4) is 0 Å². The molecule has 0 atom stereocenters. The van der Waals surface area contributed by atoms with Gasteiger partial charge >= 0.3 is 0 Å². The van der Waals surface area contributed by atoms with E-state index in [1.54, 1.807) is 49.6 Å². The summed E-state index contributed by atoms with van der Waals surface area (Å²) in [7, 11) is 1.59. The van der Waals surface area contributed by atoms with E-state index >= 15 is 0 Å². The van der Waals surface area contributed by atoms with Gasteiger partial charge in [-0.25, -0.2) is 0 Å². The standard InChI is InChI=1S/C17H13N3O3S2/c1-23-13-6-4-11(5-7-13)19-20-12-3-2-10(14(21)9-12)8-15-16(22)18-17(24)25-15/h2-9,21H,1H3,(H,18,22,24)/b15-8-,20-19?. The molecule has 0 aromatic heterocycles. The van der Waals surface area contributed by atoms with Crippen molar-refractivity contribution in [1.82, 2.24) is 5.32 Å². The molecule has 1 amide bonds. The van der Waals surface area contributed by atoms with Gasteiger partial charge in [0.05, 0.1) is 23.4 Å². The first kappa shape index (κ1) is 17.1. The first-order chi connectivity index (χ1) is 12.0. The molecule has 0 radical (unpaired) electrons. The van der Waals surface area contributed by atoms with Gasteiger partial charge in [0, 0.05) is 11.6 Å². The molecule has 2 aromatic carbocycles. The molecule has 2 N–H and O–H groups in total. The number of phenols is 1. The van der Waals surface area contributed by atoms with Crippen molar-refractivity contribution in [2.24, 2.45) is 10.2 Å². The number of rotatable bonds is 4. The van der Waals surface area contributed by atoms with Crippen molar-refractivity contribution < 1.29 is 14.6 Å². The van der Waals surface area contributed by atoms with Crippen LogP contribution in [-0.4, -0.2) is 22.4 Å². The molecule has 3 rings (SSSR count). The molecule has 1 aliphatic rings. The number of carbonyl (C=O) groups is 1. The van der Waals surface area contributed by atoms with E-state index in [2.05, 4.69) is 15.5 Å². The molecule has 126 valence electrons. The number of thiocarbonyl (C=S) groups is 1. The lowest BCUT2D eigenvalue weighted by molar-refractivity contribution is -0.115. The fourth-order valence-electron chi connectivity index (χ4n) is 2.04. The molecule has 0 spiro atoms. The summed E-state index contributed by atoms with van der Waals surface area (Å²) in [6.45, 7) is 0. The van der Waals surface area contributed by atoms with Crippen molar-refractivity contribution in [3.05, 3.63) is 52.9 Å². The highest BCUT2D eigenvalue weighted by Crippen LogP contribution is 2.31. The molecule has 0 saturated carbocycles. The topological polar surface area (TPSA) is 83.3 Å². The molecule has 25 heavy (non-hydrogen) atoms. The highest BCUT2D eigenvalue weighted by molar-refractivity contribution is 8.26. The molecule has 1 aliphatic heterocycles. The first-order valence-electron chi connectivity index (χ1n) is 7.19. The van der Waals surface area contributed by atoms with Crippen molar-refractivity contribution in [3.63, 3.8) is 0 Å². The fraction of sp³-hybridized carbons (Fsp3) is 0.0588. The van der Waals surface area contributed by atoms with Crippen LogP contribution in [0.25, 0.3) is 6.08 Å². The SMILES string of the molecule is COc1ccc(N=Nc2ccc(/C=C3\SC(=S)NC3=O)c(O)c2)cc1. The van der Waals surface area contributed by atoms with Crippen LogP contribution in [0, 0.1) is 0 Å². The van der Waals surface area contributed by atoms with Crippen molar-refractivity contribution in [3.8, 4) is 11.5 Å². The van der Waals surface area contributed by atoms with Gasteiger partial charge in [-0.05, 0) is 42.5 Å². The third kappa shape index (κ3) is 4.23. The molecule has 0 bridgehead atoms. The summed E-state index contributed by atoms with van der Waals surface area (Å²) in [4.78, 5) is 12.1. The minimum Gasteiger partial charge on any atom is -0.507 e. The van der Waals surface area contributed by atoms with Crippen LogP contribution in [0.15, 0.2) is 57.6 Å².